The number of carbonyl (C=O) groups is 1. The number of benzene rings is 2. The van der Waals surface area contributed by atoms with E-state index in [-0.39, 0.29) is 11.3 Å². The van der Waals surface area contributed by atoms with Crippen molar-refractivity contribution >= 4 is 12.1 Å². The van der Waals surface area contributed by atoms with Gasteiger partial charge in [-0.05, 0) is 40.7 Å². The van der Waals surface area contributed by atoms with Crippen LogP contribution in [0.25, 0.3) is 0 Å². The minimum absolute atomic E-state index is 0.0805. The number of rotatable bonds is 5. The third kappa shape index (κ3) is 5.05. The molecular weight excluding hydrogens is 296 g/mol. The molecule has 0 heterocycles. The van der Waals surface area contributed by atoms with E-state index in [0.29, 0.717) is 5.56 Å². The van der Waals surface area contributed by atoms with Crippen LogP contribution in [0.3, 0.4) is 0 Å². The minimum atomic E-state index is -0.200. The molecule has 1 N–H and O–H groups in total. The summed E-state index contributed by atoms with van der Waals surface area (Å²) in [6, 6.07) is 15.9. The van der Waals surface area contributed by atoms with E-state index in [0.717, 1.165) is 18.4 Å². The van der Waals surface area contributed by atoms with E-state index < -0.39 is 0 Å². The maximum absolute atomic E-state index is 12.1. The highest BCUT2D eigenvalue weighted by molar-refractivity contribution is 5.94. The predicted molar refractivity (Wildman–Crippen MR) is 101 cm³/mol. The van der Waals surface area contributed by atoms with E-state index >= 15 is 0 Å². The topological polar surface area (TPSA) is 41.5 Å². The number of hydrogen-bond donors (Lipinski definition) is 1. The summed E-state index contributed by atoms with van der Waals surface area (Å²) in [5, 5.41) is 4.04. The quantitative estimate of drug-likeness (QED) is 0.629. The number of nitrogens with zero attached hydrogens (tertiary/aromatic N) is 1. The fraction of sp³-hybridized carbons (Fsp3) is 0.333. The largest absolute Gasteiger partial charge is 0.271 e. The molecule has 0 aliphatic rings. The van der Waals surface area contributed by atoms with Crippen molar-refractivity contribution in [2.45, 2.75) is 46.0 Å². The second-order valence-corrected chi connectivity index (χ2v) is 7.02. The molecule has 0 unspecified atom stereocenters. The standard InChI is InChI=1S/C21H26N2O/c1-5-6-16-7-9-17(10-8-16)15-22-23-20(24)18-11-13-19(14-12-18)21(2,3)4/h7-15H,5-6H2,1-4H3,(H,23,24). The molecule has 3 heteroatoms. The lowest BCUT2D eigenvalue weighted by molar-refractivity contribution is 0.0955. The molecule has 0 aromatic heterocycles. The number of carbonyl (C=O) groups excluding carboxylic acids is 1. The Balaban J connectivity index is 1.94. The minimum Gasteiger partial charge on any atom is -0.267 e. The number of nitrogens with one attached hydrogen (secondary N) is 1. The maximum atomic E-state index is 12.1. The van der Waals surface area contributed by atoms with Gasteiger partial charge in [0.1, 0.15) is 0 Å². The molecule has 0 spiro atoms. The zero-order valence-corrected chi connectivity index (χ0v) is 15.0. The van der Waals surface area contributed by atoms with Gasteiger partial charge in [0.25, 0.3) is 5.91 Å². The normalized spacial score (nSPS) is 11.7. The fourth-order valence-electron chi connectivity index (χ4n) is 2.41. The van der Waals surface area contributed by atoms with Gasteiger partial charge in [0, 0.05) is 5.56 Å². The maximum Gasteiger partial charge on any atom is 0.271 e. The van der Waals surface area contributed by atoms with E-state index in [1.807, 2.05) is 36.4 Å². The zero-order valence-electron chi connectivity index (χ0n) is 15.0. The number of amides is 1. The first kappa shape index (κ1) is 17.9. The van der Waals surface area contributed by atoms with Crippen molar-refractivity contribution in [2.24, 2.45) is 5.10 Å². The lowest BCUT2D eigenvalue weighted by atomic mass is 9.87. The Hall–Kier alpha value is -2.42. The molecule has 0 aliphatic heterocycles. The smallest absolute Gasteiger partial charge is 0.267 e. The molecule has 1 amide bonds. The predicted octanol–water partition coefficient (Wildman–Crippen LogP) is 4.70. The van der Waals surface area contributed by atoms with E-state index in [1.165, 1.54) is 11.1 Å². The first-order valence-corrected chi connectivity index (χ1v) is 8.43. The van der Waals surface area contributed by atoms with Crippen molar-refractivity contribution in [3.05, 3.63) is 70.8 Å². The Labute approximate surface area is 144 Å². The second kappa shape index (κ2) is 7.91. The molecule has 0 saturated carbocycles. The molecule has 0 saturated heterocycles. The van der Waals surface area contributed by atoms with E-state index in [9.17, 15) is 4.79 Å². The molecule has 0 fully saturated rings. The van der Waals surface area contributed by atoms with Crippen LogP contribution in [0.2, 0.25) is 0 Å². The molecule has 0 aliphatic carbocycles. The summed E-state index contributed by atoms with van der Waals surface area (Å²) >= 11 is 0. The Morgan fingerprint density at radius 3 is 2.21 bits per heavy atom. The van der Waals surface area contributed by atoms with Gasteiger partial charge in [-0.3, -0.25) is 4.79 Å². The van der Waals surface area contributed by atoms with Crippen LogP contribution in [-0.4, -0.2) is 12.1 Å². The van der Waals surface area contributed by atoms with Gasteiger partial charge >= 0.3 is 0 Å². The summed E-state index contributed by atoms with van der Waals surface area (Å²) in [7, 11) is 0. The molecule has 2 aromatic carbocycles. The lowest BCUT2D eigenvalue weighted by Crippen LogP contribution is -2.18. The van der Waals surface area contributed by atoms with Crippen LogP contribution < -0.4 is 5.43 Å². The van der Waals surface area contributed by atoms with Crippen molar-refractivity contribution < 1.29 is 4.79 Å². The molecular formula is C21H26N2O. The third-order valence-electron chi connectivity index (χ3n) is 3.91. The van der Waals surface area contributed by atoms with Gasteiger partial charge in [0.05, 0.1) is 6.21 Å². The first-order chi connectivity index (χ1) is 11.4. The Morgan fingerprint density at radius 2 is 1.67 bits per heavy atom. The molecule has 3 nitrogen and oxygen atoms in total. The highest BCUT2D eigenvalue weighted by Gasteiger charge is 2.14. The van der Waals surface area contributed by atoms with Crippen LogP contribution in [0.5, 0.6) is 0 Å². The average Bonchev–Trinajstić information content (AvgIpc) is 2.56. The molecule has 0 bridgehead atoms. The molecule has 0 atom stereocenters. The number of hydrazone groups is 1. The SMILES string of the molecule is CCCc1ccc(C=NNC(=O)c2ccc(C(C)(C)C)cc2)cc1. The van der Waals surface area contributed by atoms with Gasteiger partial charge in [-0.15, -0.1) is 0 Å². The second-order valence-electron chi connectivity index (χ2n) is 7.02. The van der Waals surface area contributed by atoms with Crippen LogP contribution in [0.4, 0.5) is 0 Å². The average molecular weight is 322 g/mol. The van der Waals surface area contributed by atoms with Crippen molar-refractivity contribution in [3.8, 4) is 0 Å². The molecule has 0 radical (unpaired) electrons. The Morgan fingerprint density at radius 1 is 1.04 bits per heavy atom. The molecule has 2 aromatic rings. The van der Waals surface area contributed by atoms with Crippen molar-refractivity contribution in [1.82, 2.24) is 5.43 Å². The Bertz CT molecular complexity index is 692. The van der Waals surface area contributed by atoms with Crippen LogP contribution in [0.1, 0.15) is 61.2 Å². The van der Waals surface area contributed by atoms with Crippen LogP contribution in [0.15, 0.2) is 53.6 Å². The molecule has 24 heavy (non-hydrogen) atoms. The zero-order chi connectivity index (χ0) is 17.6. The highest BCUT2D eigenvalue weighted by Crippen LogP contribution is 2.22. The van der Waals surface area contributed by atoms with Crippen LogP contribution in [0, 0.1) is 0 Å². The van der Waals surface area contributed by atoms with Gasteiger partial charge < -0.3 is 0 Å². The highest BCUT2D eigenvalue weighted by atomic mass is 16.2. The molecule has 2 rings (SSSR count). The van der Waals surface area contributed by atoms with Gasteiger partial charge in [-0.25, -0.2) is 5.43 Å². The van der Waals surface area contributed by atoms with E-state index in [1.54, 1.807) is 6.21 Å². The van der Waals surface area contributed by atoms with Gasteiger partial charge in [-0.2, -0.15) is 5.10 Å². The monoisotopic (exact) mass is 322 g/mol. The summed E-state index contributed by atoms with van der Waals surface area (Å²) < 4.78 is 0. The third-order valence-corrected chi connectivity index (χ3v) is 3.91. The van der Waals surface area contributed by atoms with Gasteiger partial charge in [-0.1, -0.05) is 70.5 Å². The summed E-state index contributed by atoms with van der Waals surface area (Å²) in [5.41, 5.74) is 6.76. The summed E-state index contributed by atoms with van der Waals surface area (Å²) in [6.07, 6.45) is 3.88. The van der Waals surface area contributed by atoms with Crippen molar-refractivity contribution in [1.29, 1.82) is 0 Å². The van der Waals surface area contributed by atoms with Crippen molar-refractivity contribution in [3.63, 3.8) is 0 Å². The van der Waals surface area contributed by atoms with E-state index in [2.05, 4.69) is 50.4 Å². The van der Waals surface area contributed by atoms with Crippen LogP contribution in [-0.2, 0) is 11.8 Å². The van der Waals surface area contributed by atoms with Gasteiger partial charge in [0.2, 0.25) is 0 Å². The van der Waals surface area contributed by atoms with Crippen molar-refractivity contribution in [2.75, 3.05) is 0 Å². The summed E-state index contributed by atoms with van der Waals surface area (Å²) in [5.74, 6) is -0.200. The first-order valence-electron chi connectivity index (χ1n) is 8.43. The van der Waals surface area contributed by atoms with E-state index in [4.69, 9.17) is 0 Å². The fourth-order valence-corrected chi connectivity index (χ4v) is 2.41. The van der Waals surface area contributed by atoms with Gasteiger partial charge in [0.15, 0.2) is 0 Å². The lowest BCUT2D eigenvalue weighted by Gasteiger charge is -2.18. The number of hydrogen-bond acceptors (Lipinski definition) is 2. The number of aryl methyl sites for hydroxylation is 1. The molecule has 126 valence electrons. The van der Waals surface area contributed by atoms with Crippen LogP contribution >= 0.6 is 0 Å². The Kier molecular flexibility index (Phi) is 5.91. The summed E-state index contributed by atoms with van der Waals surface area (Å²) in [4.78, 5) is 12.1. The summed E-state index contributed by atoms with van der Waals surface area (Å²) in [6.45, 7) is 8.62.